The number of hydrogen-bond donors (Lipinski definition) is 2. The molecule has 0 aliphatic rings. The van der Waals surface area contributed by atoms with E-state index in [0.29, 0.717) is 18.5 Å². The largest absolute Gasteiger partial charge is 0.493 e. The van der Waals surface area contributed by atoms with Gasteiger partial charge in [0.2, 0.25) is 5.95 Å². The van der Waals surface area contributed by atoms with Crippen molar-refractivity contribution in [2.24, 2.45) is 5.92 Å². The Bertz CT molecular complexity index is 660. The van der Waals surface area contributed by atoms with E-state index in [4.69, 9.17) is 4.74 Å². The Morgan fingerprint density at radius 1 is 1.18 bits per heavy atom. The molecule has 1 aromatic carbocycles. The van der Waals surface area contributed by atoms with Crippen molar-refractivity contribution in [3.05, 3.63) is 46.4 Å². The molecule has 2 N–H and O–H groups in total. The van der Waals surface area contributed by atoms with Crippen LogP contribution < -0.4 is 15.6 Å². The summed E-state index contributed by atoms with van der Waals surface area (Å²) < 4.78 is 5.64. The van der Waals surface area contributed by atoms with Gasteiger partial charge in [-0.3, -0.25) is 9.78 Å². The van der Waals surface area contributed by atoms with Gasteiger partial charge in [-0.1, -0.05) is 27.7 Å². The second-order valence-electron chi connectivity index (χ2n) is 6.03. The SMILES string of the molecule is CC(C)COc1ccc(Nc2nc(C(C)C)cc(=O)[nH]2)cc1. The van der Waals surface area contributed by atoms with E-state index in [-0.39, 0.29) is 11.5 Å². The molecule has 0 aliphatic heterocycles. The van der Waals surface area contributed by atoms with E-state index in [9.17, 15) is 4.79 Å². The van der Waals surface area contributed by atoms with Crippen molar-refractivity contribution in [2.45, 2.75) is 33.6 Å². The van der Waals surface area contributed by atoms with E-state index >= 15 is 0 Å². The third-order valence-electron chi connectivity index (χ3n) is 3.05. The number of nitrogens with zero attached hydrogens (tertiary/aromatic N) is 1. The zero-order chi connectivity index (χ0) is 16.1. The molecule has 0 saturated carbocycles. The predicted molar refractivity (Wildman–Crippen MR) is 89.0 cm³/mol. The lowest BCUT2D eigenvalue weighted by molar-refractivity contribution is 0.271. The highest BCUT2D eigenvalue weighted by molar-refractivity contribution is 5.54. The van der Waals surface area contributed by atoms with Crippen LogP contribution >= 0.6 is 0 Å². The third kappa shape index (κ3) is 4.62. The van der Waals surface area contributed by atoms with E-state index in [1.807, 2.05) is 38.1 Å². The highest BCUT2D eigenvalue weighted by atomic mass is 16.5. The van der Waals surface area contributed by atoms with Gasteiger partial charge in [0.05, 0.1) is 12.3 Å². The average Bonchev–Trinajstić information content (AvgIpc) is 2.46. The Balaban J connectivity index is 2.09. The summed E-state index contributed by atoms with van der Waals surface area (Å²) in [5.41, 5.74) is 1.46. The zero-order valence-electron chi connectivity index (χ0n) is 13.5. The van der Waals surface area contributed by atoms with Gasteiger partial charge in [-0.15, -0.1) is 0 Å². The minimum absolute atomic E-state index is 0.155. The standard InChI is InChI=1S/C17H23N3O2/c1-11(2)10-22-14-7-5-13(6-8-14)18-17-19-15(12(3)4)9-16(21)20-17/h5-9,11-12H,10H2,1-4H3,(H2,18,19,20,21). The summed E-state index contributed by atoms with van der Waals surface area (Å²) in [6, 6.07) is 9.12. The van der Waals surface area contributed by atoms with Gasteiger partial charge in [0.25, 0.3) is 5.56 Å². The second kappa shape index (κ2) is 7.11. The normalized spacial score (nSPS) is 11.0. The van der Waals surface area contributed by atoms with Crippen LogP contribution in [0.5, 0.6) is 5.75 Å². The molecule has 0 atom stereocenters. The molecule has 0 saturated heterocycles. The van der Waals surface area contributed by atoms with E-state index in [0.717, 1.165) is 17.1 Å². The van der Waals surface area contributed by atoms with Crippen molar-refractivity contribution in [3.63, 3.8) is 0 Å². The molecule has 22 heavy (non-hydrogen) atoms. The molecule has 1 aromatic heterocycles. The Kier molecular flexibility index (Phi) is 5.20. The third-order valence-corrected chi connectivity index (χ3v) is 3.05. The van der Waals surface area contributed by atoms with Crippen molar-refractivity contribution < 1.29 is 4.74 Å². The van der Waals surface area contributed by atoms with E-state index in [1.165, 1.54) is 6.07 Å². The molecule has 0 spiro atoms. The highest BCUT2D eigenvalue weighted by Crippen LogP contribution is 2.19. The molecule has 0 aliphatic carbocycles. The van der Waals surface area contributed by atoms with Gasteiger partial charge < -0.3 is 10.1 Å². The molecule has 0 radical (unpaired) electrons. The van der Waals surface area contributed by atoms with Gasteiger partial charge in [-0.2, -0.15) is 0 Å². The van der Waals surface area contributed by atoms with Crippen LogP contribution in [0.15, 0.2) is 35.1 Å². The molecule has 2 rings (SSSR count). The number of anilines is 2. The summed E-state index contributed by atoms with van der Waals surface area (Å²) in [5.74, 6) is 1.98. The molecule has 0 fully saturated rings. The van der Waals surface area contributed by atoms with Gasteiger partial charge >= 0.3 is 0 Å². The minimum atomic E-state index is -0.155. The molecule has 0 unspecified atom stereocenters. The quantitative estimate of drug-likeness (QED) is 0.854. The van der Waals surface area contributed by atoms with Crippen LogP contribution in [0.25, 0.3) is 0 Å². The maximum absolute atomic E-state index is 11.7. The highest BCUT2D eigenvalue weighted by Gasteiger charge is 2.05. The van der Waals surface area contributed by atoms with Crippen molar-refractivity contribution in [1.29, 1.82) is 0 Å². The van der Waals surface area contributed by atoms with Gasteiger partial charge in [-0.25, -0.2) is 4.98 Å². The summed E-state index contributed by atoms with van der Waals surface area (Å²) in [6.07, 6.45) is 0. The summed E-state index contributed by atoms with van der Waals surface area (Å²) in [7, 11) is 0. The van der Waals surface area contributed by atoms with E-state index in [1.54, 1.807) is 0 Å². The average molecular weight is 301 g/mol. The zero-order valence-corrected chi connectivity index (χ0v) is 13.5. The second-order valence-corrected chi connectivity index (χ2v) is 6.03. The molecule has 1 heterocycles. The first-order valence-electron chi connectivity index (χ1n) is 7.55. The lowest BCUT2D eigenvalue weighted by Crippen LogP contribution is -2.12. The van der Waals surface area contributed by atoms with Gasteiger partial charge in [-0.05, 0) is 36.1 Å². The maximum atomic E-state index is 11.7. The first kappa shape index (κ1) is 16.1. The van der Waals surface area contributed by atoms with Crippen LogP contribution in [-0.4, -0.2) is 16.6 Å². The van der Waals surface area contributed by atoms with Crippen LogP contribution in [0.1, 0.15) is 39.3 Å². The molecular weight excluding hydrogens is 278 g/mol. The summed E-state index contributed by atoms with van der Waals surface area (Å²) >= 11 is 0. The molecule has 0 bridgehead atoms. The fourth-order valence-electron chi connectivity index (χ4n) is 1.87. The number of nitrogens with one attached hydrogen (secondary N) is 2. The van der Waals surface area contributed by atoms with Gasteiger partial charge in [0.1, 0.15) is 5.75 Å². The number of hydrogen-bond acceptors (Lipinski definition) is 4. The van der Waals surface area contributed by atoms with Crippen LogP contribution in [0.2, 0.25) is 0 Å². The summed E-state index contributed by atoms with van der Waals surface area (Å²) in [6.45, 7) is 8.93. The van der Waals surface area contributed by atoms with Crippen molar-refractivity contribution in [1.82, 2.24) is 9.97 Å². The lowest BCUT2D eigenvalue weighted by atomic mass is 10.1. The number of H-pyrrole nitrogens is 1. The van der Waals surface area contributed by atoms with Crippen molar-refractivity contribution in [2.75, 3.05) is 11.9 Å². The first-order valence-corrected chi connectivity index (χ1v) is 7.55. The predicted octanol–water partition coefficient (Wildman–Crippen LogP) is 3.67. The fourth-order valence-corrected chi connectivity index (χ4v) is 1.87. The summed E-state index contributed by atoms with van der Waals surface area (Å²) in [5, 5.41) is 3.11. The Morgan fingerprint density at radius 3 is 2.45 bits per heavy atom. The van der Waals surface area contributed by atoms with E-state index in [2.05, 4.69) is 29.1 Å². The fraction of sp³-hybridized carbons (Fsp3) is 0.412. The first-order chi connectivity index (χ1) is 10.4. The van der Waals surface area contributed by atoms with Crippen LogP contribution in [-0.2, 0) is 0 Å². The molecule has 118 valence electrons. The van der Waals surface area contributed by atoms with Crippen LogP contribution in [0.4, 0.5) is 11.6 Å². The smallest absolute Gasteiger partial charge is 0.252 e. The number of benzene rings is 1. The minimum Gasteiger partial charge on any atom is -0.493 e. The Hall–Kier alpha value is -2.30. The molecule has 5 nitrogen and oxygen atoms in total. The Morgan fingerprint density at radius 2 is 1.86 bits per heavy atom. The molecule has 0 amide bonds. The number of rotatable bonds is 6. The van der Waals surface area contributed by atoms with Gasteiger partial charge in [0.15, 0.2) is 0 Å². The molecular formula is C17H23N3O2. The lowest BCUT2D eigenvalue weighted by Gasteiger charge is -2.11. The topological polar surface area (TPSA) is 67.0 Å². The van der Waals surface area contributed by atoms with E-state index < -0.39 is 0 Å². The monoisotopic (exact) mass is 301 g/mol. The van der Waals surface area contributed by atoms with Crippen LogP contribution in [0, 0.1) is 5.92 Å². The van der Waals surface area contributed by atoms with Crippen molar-refractivity contribution in [3.8, 4) is 5.75 Å². The molecule has 2 aromatic rings. The molecule has 5 heteroatoms. The summed E-state index contributed by atoms with van der Waals surface area (Å²) in [4.78, 5) is 18.8. The maximum Gasteiger partial charge on any atom is 0.252 e. The number of aromatic amines is 1. The Labute approximate surface area is 130 Å². The number of ether oxygens (including phenoxy) is 1. The number of aromatic nitrogens is 2. The van der Waals surface area contributed by atoms with Gasteiger partial charge in [0, 0.05) is 11.8 Å². The van der Waals surface area contributed by atoms with Crippen LogP contribution in [0.3, 0.4) is 0 Å². The van der Waals surface area contributed by atoms with Crippen molar-refractivity contribution >= 4 is 11.6 Å².